The first-order valence-electron chi connectivity index (χ1n) is 6.16. The summed E-state index contributed by atoms with van der Waals surface area (Å²) in [6, 6.07) is 2.00. The van der Waals surface area contributed by atoms with Gasteiger partial charge in [0.2, 0.25) is 5.91 Å². The van der Waals surface area contributed by atoms with Gasteiger partial charge in [-0.05, 0) is 41.2 Å². The standard InChI is InChI=1S/C13H25N3O/c1-7-13(4,5)15-12(17)11(3)16(6)10(2)8-9-14/h10-11H,7-8H2,1-6H3,(H,15,17). The molecule has 4 heteroatoms. The molecule has 0 aliphatic rings. The number of likely N-dealkylation sites (N-methyl/N-ethyl adjacent to an activating group) is 1. The van der Waals surface area contributed by atoms with Gasteiger partial charge in [-0.15, -0.1) is 0 Å². The fourth-order valence-electron chi connectivity index (χ4n) is 1.37. The largest absolute Gasteiger partial charge is 0.350 e. The molecule has 0 aromatic rings. The Morgan fingerprint density at radius 3 is 2.41 bits per heavy atom. The summed E-state index contributed by atoms with van der Waals surface area (Å²) >= 11 is 0. The van der Waals surface area contributed by atoms with E-state index < -0.39 is 0 Å². The predicted octanol–water partition coefficient (Wildman–Crippen LogP) is 1.91. The highest BCUT2D eigenvalue weighted by Gasteiger charge is 2.26. The number of carbonyl (C=O) groups excluding carboxylic acids is 1. The minimum Gasteiger partial charge on any atom is -0.350 e. The molecule has 0 aromatic carbocycles. The van der Waals surface area contributed by atoms with E-state index in [0.717, 1.165) is 6.42 Å². The van der Waals surface area contributed by atoms with E-state index in [2.05, 4.69) is 11.4 Å². The smallest absolute Gasteiger partial charge is 0.237 e. The van der Waals surface area contributed by atoms with E-state index in [1.165, 1.54) is 0 Å². The lowest BCUT2D eigenvalue weighted by molar-refractivity contribution is -0.127. The van der Waals surface area contributed by atoms with Crippen molar-refractivity contribution in [1.82, 2.24) is 10.2 Å². The summed E-state index contributed by atoms with van der Waals surface area (Å²) in [5.74, 6) is 0.0177. The Hall–Kier alpha value is -1.08. The number of amides is 1. The molecule has 17 heavy (non-hydrogen) atoms. The molecular formula is C13H25N3O. The zero-order valence-corrected chi connectivity index (χ0v) is 11.9. The van der Waals surface area contributed by atoms with Crippen LogP contribution < -0.4 is 5.32 Å². The third-order valence-electron chi connectivity index (χ3n) is 3.42. The van der Waals surface area contributed by atoms with Gasteiger partial charge in [-0.2, -0.15) is 5.26 Å². The van der Waals surface area contributed by atoms with Crippen LogP contribution in [0.1, 0.15) is 47.5 Å². The first kappa shape index (κ1) is 15.9. The highest BCUT2D eigenvalue weighted by molar-refractivity contribution is 5.82. The van der Waals surface area contributed by atoms with Crippen molar-refractivity contribution in [2.45, 2.75) is 65.1 Å². The van der Waals surface area contributed by atoms with E-state index in [-0.39, 0.29) is 23.5 Å². The van der Waals surface area contributed by atoms with Crippen LogP contribution >= 0.6 is 0 Å². The molecule has 0 heterocycles. The van der Waals surface area contributed by atoms with Gasteiger partial charge in [-0.25, -0.2) is 0 Å². The summed E-state index contributed by atoms with van der Waals surface area (Å²) in [6.07, 6.45) is 1.33. The molecule has 2 atom stereocenters. The third-order valence-corrected chi connectivity index (χ3v) is 3.42. The molecule has 1 N–H and O–H groups in total. The number of nitrogens with one attached hydrogen (secondary N) is 1. The van der Waals surface area contributed by atoms with Crippen LogP contribution in [0.5, 0.6) is 0 Å². The maximum Gasteiger partial charge on any atom is 0.237 e. The first-order valence-corrected chi connectivity index (χ1v) is 6.16. The predicted molar refractivity (Wildman–Crippen MR) is 69.4 cm³/mol. The molecule has 98 valence electrons. The summed E-state index contributed by atoms with van der Waals surface area (Å²) in [5.41, 5.74) is -0.176. The number of nitrogens with zero attached hydrogens (tertiary/aromatic N) is 2. The molecule has 0 aliphatic heterocycles. The Labute approximate surface area is 105 Å². The van der Waals surface area contributed by atoms with Crippen LogP contribution in [0.4, 0.5) is 0 Å². The molecule has 0 aromatic heterocycles. The van der Waals surface area contributed by atoms with Gasteiger partial charge in [0.1, 0.15) is 0 Å². The summed E-state index contributed by atoms with van der Waals surface area (Å²) < 4.78 is 0. The Bertz CT molecular complexity index is 294. The molecule has 0 saturated heterocycles. The first-order chi connectivity index (χ1) is 7.75. The lowest BCUT2D eigenvalue weighted by Gasteiger charge is -2.32. The molecule has 2 unspecified atom stereocenters. The number of hydrogen-bond acceptors (Lipinski definition) is 3. The van der Waals surface area contributed by atoms with Gasteiger partial charge in [-0.3, -0.25) is 9.69 Å². The maximum atomic E-state index is 12.0. The number of hydrogen-bond donors (Lipinski definition) is 1. The quantitative estimate of drug-likeness (QED) is 0.770. The second kappa shape index (κ2) is 6.61. The number of carbonyl (C=O) groups is 1. The average Bonchev–Trinajstić information content (AvgIpc) is 2.26. The second-order valence-electron chi connectivity index (χ2n) is 5.28. The molecular weight excluding hydrogens is 214 g/mol. The lowest BCUT2D eigenvalue weighted by atomic mass is 10.0. The van der Waals surface area contributed by atoms with Gasteiger partial charge < -0.3 is 5.32 Å². The van der Waals surface area contributed by atoms with Gasteiger partial charge in [0.05, 0.1) is 18.5 Å². The Morgan fingerprint density at radius 2 is 2.00 bits per heavy atom. The Balaban J connectivity index is 4.45. The number of rotatable bonds is 6. The van der Waals surface area contributed by atoms with E-state index in [0.29, 0.717) is 6.42 Å². The van der Waals surface area contributed by atoms with E-state index in [1.807, 2.05) is 46.6 Å². The SMILES string of the molecule is CCC(C)(C)NC(=O)C(C)N(C)C(C)CC#N. The van der Waals surface area contributed by atoms with Gasteiger partial charge in [-0.1, -0.05) is 6.92 Å². The zero-order valence-electron chi connectivity index (χ0n) is 11.9. The lowest BCUT2D eigenvalue weighted by Crippen LogP contribution is -2.52. The fourth-order valence-corrected chi connectivity index (χ4v) is 1.37. The molecule has 0 saturated carbocycles. The number of nitriles is 1. The molecule has 0 bridgehead atoms. The fraction of sp³-hybridized carbons (Fsp3) is 0.846. The molecule has 0 radical (unpaired) electrons. The van der Waals surface area contributed by atoms with Gasteiger partial charge in [0.15, 0.2) is 0 Å². The topological polar surface area (TPSA) is 56.1 Å². The van der Waals surface area contributed by atoms with Crippen LogP contribution in [-0.2, 0) is 4.79 Å². The molecule has 0 aliphatic carbocycles. The Kier molecular flexibility index (Phi) is 6.19. The van der Waals surface area contributed by atoms with Crippen molar-refractivity contribution in [1.29, 1.82) is 5.26 Å². The van der Waals surface area contributed by atoms with E-state index >= 15 is 0 Å². The zero-order chi connectivity index (χ0) is 13.6. The summed E-state index contributed by atoms with van der Waals surface area (Å²) in [6.45, 7) is 9.90. The third kappa shape index (κ3) is 5.18. The van der Waals surface area contributed by atoms with Crippen LogP contribution in [-0.4, -0.2) is 35.5 Å². The summed E-state index contributed by atoms with van der Waals surface area (Å²) in [4.78, 5) is 14.0. The van der Waals surface area contributed by atoms with Crippen LogP contribution in [0.3, 0.4) is 0 Å². The highest BCUT2D eigenvalue weighted by Crippen LogP contribution is 2.10. The van der Waals surface area contributed by atoms with Crippen molar-refractivity contribution in [3.05, 3.63) is 0 Å². The molecule has 1 amide bonds. The van der Waals surface area contributed by atoms with Gasteiger partial charge in [0.25, 0.3) is 0 Å². The van der Waals surface area contributed by atoms with Crippen molar-refractivity contribution in [3.63, 3.8) is 0 Å². The van der Waals surface area contributed by atoms with Crippen molar-refractivity contribution in [2.75, 3.05) is 7.05 Å². The second-order valence-corrected chi connectivity index (χ2v) is 5.28. The van der Waals surface area contributed by atoms with E-state index in [4.69, 9.17) is 5.26 Å². The van der Waals surface area contributed by atoms with Crippen molar-refractivity contribution >= 4 is 5.91 Å². The monoisotopic (exact) mass is 239 g/mol. The van der Waals surface area contributed by atoms with Crippen LogP contribution in [0.2, 0.25) is 0 Å². The molecule has 4 nitrogen and oxygen atoms in total. The summed E-state index contributed by atoms with van der Waals surface area (Å²) in [7, 11) is 1.88. The normalized spacial score (nSPS) is 15.2. The minimum absolute atomic E-state index is 0.0177. The van der Waals surface area contributed by atoms with Gasteiger partial charge >= 0.3 is 0 Å². The molecule has 0 spiro atoms. The van der Waals surface area contributed by atoms with Crippen molar-refractivity contribution < 1.29 is 4.79 Å². The van der Waals surface area contributed by atoms with Crippen LogP contribution in [0, 0.1) is 11.3 Å². The van der Waals surface area contributed by atoms with Crippen molar-refractivity contribution in [2.24, 2.45) is 0 Å². The van der Waals surface area contributed by atoms with Crippen LogP contribution in [0.25, 0.3) is 0 Å². The highest BCUT2D eigenvalue weighted by atomic mass is 16.2. The maximum absolute atomic E-state index is 12.0. The summed E-state index contributed by atoms with van der Waals surface area (Å²) in [5, 5.41) is 11.7. The average molecular weight is 239 g/mol. The van der Waals surface area contributed by atoms with E-state index in [1.54, 1.807) is 0 Å². The van der Waals surface area contributed by atoms with Crippen molar-refractivity contribution in [3.8, 4) is 6.07 Å². The molecule has 0 fully saturated rings. The Morgan fingerprint density at radius 1 is 1.47 bits per heavy atom. The van der Waals surface area contributed by atoms with E-state index in [9.17, 15) is 4.79 Å². The van der Waals surface area contributed by atoms with Gasteiger partial charge in [0, 0.05) is 11.6 Å². The molecule has 0 rings (SSSR count). The van der Waals surface area contributed by atoms with Crippen LogP contribution in [0.15, 0.2) is 0 Å². The minimum atomic E-state index is -0.218.